The van der Waals surface area contributed by atoms with Gasteiger partial charge in [0.05, 0.1) is 6.33 Å². The van der Waals surface area contributed by atoms with Crippen molar-refractivity contribution < 1.29 is 14.4 Å². The van der Waals surface area contributed by atoms with Crippen LogP contribution in [-0.4, -0.2) is 34.6 Å². The van der Waals surface area contributed by atoms with Gasteiger partial charge >= 0.3 is 13.3 Å². The van der Waals surface area contributed by atoms with Gasteiger partial charge in [-0.1, -0.05) is 6.42 Å². The molecule has 0 spiro atoms. The molecule has 2 rings (SSSR count). The lowest BCUT2D eigenvalue weighted by atomic mass is 10.2. The van der Waals surface area contributed by atoms with Gasteiger partial charge in [0.15, 0.2) is 11.2 Å². The highest BCUT2D eigenvalue weighted by atomic mass is 31.2. The van der Waals surface area contributed by atoms with Gasteiger partial charge in [-0.05, 0) is 12.8 Å². The molecule has 0 radical (unpaired) electrons. The number of hydrogen-bond donors (Lipinski definition) is 2. The fraction of sp³-hybridized carbons (Fsp3) is 0.583. The number of aromatic nitrogens is 4. The van der Waals surface area contributed by atoms with Gasteiger partial charge in [0.25, 0.3) is 5.56 Å². The molecule has 0 saturated heterocycles. The summed E-state index contributed by atoms with van der Waals surface area (Å²) in [5.41, 5.74) is -0.127. The lowest BCUT2D eigenvalue weighted by molar-refractivity contribution is 0.370. The third-order valence-corrected chi connectivity index (χ3v) is 4.46. The first-order valence-electron chi connectivity index (χ1n) is 6.88. The van der Waals surface area contributed by atoms with Crippen LogP contribution in [0.15, 0.2) is 15.9 Å². The summed E-state index contributed by atoms with van der Waals surface area (Å²) in [6.45, 7) is 0.505. The molecular weight excluding hydrogens is 311 g/mol. The van der Waals surface area contributed by atoms with Crippen molar-refractivity contribution in [1.82, 2.24) is 18.7 Å². The van der Waals surface area contributed by atoms with Crippen LogP contribution in [0.4, 0.5) is 0 Å². The monoisotopic (exact) mass is 330 g/mol. The van der Waals surface area contributed by atoms with Crippen LogP contribution in [0.3, 0.4) is 0 Å². The Bertz CT molecular complexity index is 844. The van der Waals surface area contributed by atoms with E-state index in [-0.39, 0.29) is 6.16 Å². The normalized spacial score (nSPS) is 12.2. The van der Waals surface area contributed by atoms with Crippen molar-refractivity contribution in [2.24, 2.45) is 14.1 Å². The lowest BCUT2D eigenvalue weighted by Gasteiger charge is -2.07. The van der Waals surface area contributed by atoms with E-state index in [1.54, 1.807) is 11.6 Å². The maximum atomic E-state index is 12.2. The molecule has 0 amide bonds. The fourth-order valence-electron chi connectivity index (χ4n) is 2.34. The summed E-state index contributed by atoms with van der Waals surface area (Å²) in [4.78, 5) is 45.7. The van der Waals surface area contributed by atoms with Gasteiger partial charge in [-0.25, -0.2) is 9.78 Å². The highest BCUT2D eigenvalue weighted by Gasteiger charge is 2.14. The first kappa shape index (κ1) is 16.7. The van der Waals surface area contributed by atoms with Gasteiger partial charge in [-0.2, -0.15) is 0 Å². The number of imidazole rings is 1. The lowest BCUT2D eigenvalue weighted by Crippen LogP contribution is -2.37. The van der Waals surface area contributed by atoms with Crippen molar-refractivity contribution in [3.8, 4) is 0 Å². The molecule has 0 atom stereocenters. The minimum Gasteiger partial charge on any atom is -0.325 e. The molecule has 0 bridgehead atoms. The summed E-state index contributed by atoms with van der Waals surface area (Å²) in [5, 5.41) is 0. The van der Waals surface area contributed by atoms with E-state index in [2.05, 4.69) is 4.98 Å². The highest BCUT2D eigenvalue weighted by Crippen LogP contribution is 2.35. The van der Waals surface area contributed by atoms with Crippen LogP contribution in [0, 0.1) is 0 Å². The van der Waals surface area contributed by atoms with Gasteiger partial charge in [0.2, 0.25) is 0 Å². The Morgan fingerprint density at radius 3 is 2.45 bits per heavy atom. The molecule has 0 aromatic carbocycles. The summed E-state index contributed by atoms with van der Waals surface area (Å²) in [5.74, 6) is 0. The maximum Gasteiger partial charge on any atom is 0.332 e. The Morgan fingerprint density at radius 1 is 1.14 bits per heavy atom. The average Bonchev–Trinajstić information content (AvgIpc) is 2.85. The Labute approximate surface area is 126 Å². The van der Waals surface area contributed by atoms with Crippen molar-refractivity contribution in [1.29, 1.82) is 0 Å². The largest absolute Gasteiger partial charge is 0.332 e. The molecule has 2 heterocycles. The minimum absolute atomic E-state index is 0.131. The molecule has 0 aliphatic carbocycles. The Hall–Kier alpha value is -1.70. The summed E-state index contributed by atoms with van der Waals surface area (Å²) in [6.07, 6.45) is 3.10. The SMILES string of the molecule is Cn1c(=O)c2c(ncn2CCCCCP(=O)(O)O)n(C)c1=O. The number of fused-ring (bicyclic) bond motifs is 1. The smallest absolute Gasteiger partial charge is 0.325 e. The number of rotatable bonds is 6. The third-order valence-electron chi connectivity index (χ3n) is 3.57. The second-order valence-electron chi connectivity index (χ2n) is 5.26. The van der Waals surface area contributed by atoms with E-state index in [1.165, 1.54) is 17.9 Å². The fourth-order valence-corrected chi connectivity index (χ4v) is 2.98. The molecule has 10 heteroatoms. The Balaban J connectivity index is 2.15. The van der Waals surface area contributed by atoms with Crippen LogP contribution in [-0.2, 0) is 25.2 Å². The van der Waals surface area contributed by atoms with Crippen LogP contribution in [0.5, 0.6) is 0 Å². The van der Waals surface area contributed by atoms with Gasteiger partial charge in [0, 0.05) is 26.8 Å². The van der Waals surface area contributed by atoms with Gasteiger partial charge in [-0.3, -0.25) is 18.5 Å². The van der Waals surface area contributed by atoms with E-state index in [0.29, 0.717) is 37.0 Å². The Kier molecular flexibility index (Phi) is 4.69. The molecule has 0 unspecified atom stereocenters. The number of unbranched alkanes of at least 4 members (excludes halogenated alkanes) is 2. The standard InChI is InChI=1S/C12H19N4O5P/c1-14-10-9(11(17)15(2)12(14)18)16(8-13-10)6-4-3-5-7-22(19,20)21/h8H,3-7H2,1-2H3,(H2,19,20,21). The van der Waals surface area contributed by atoms with E-state index in [1.807, 2.05) is 0 Å². The van der Waals surface area contributed by atoms with Crippen molar-refractivity contribution in [3.63, 3.8) is 0 Å². The van der Waals surface area contributed by atoms with E-state index in [4.69, 9.17) is 9.79 Å². The van der Waals surface area contributed by atoms with Crippen molar-refractivity contribution >= 4 is 18.8 Å². The van der Waals surface area contributed by atoms with Crippen molar-refractivity contribution in [3.05, 3.63) is 27.2 Å². The van der Waals surface area contributed by atoms with Gasteiger partial charge in [-0.15, -0.1) is 0 Å². The molecule has 2 aromatic rings. The predicted octanol–water partition coefficient (Wildman–Crippen LogP) is -0.218. The quantitative estimate of drug-likeness (QED) is 0.558. The molecule has 2 aromatic heterocycles. The van der Waals surface area contributed by atoms with E-state index >= 15 is 0 Å². The van der Waals surface area contributed by atoms with Crippen LogP contribution >= 0.6 is 7.60 Å². The van der Waals surface area contributed by atoms with Crippen molar-refractivity contribution in [2.75, 3.05) is 6.16 Å². The minimum atomic E-state index is -3.94. The second-order valence-corrected chi connectivity index (χ2v) is 7.04. The molecule has 22 heavy (non-hydrogen) atoms. The van der Waals surface area contributed by atoms with E-state index in [9.17, 15) is 14.2 Å². The zero-order valence-corrected chi connectivity index (χ0v) is 13.4. The molecule has 0 aliphatic rings. The van der Waals surface area contributed by atoms with Gasteiger partial charge in [0.1, 0.15) is 0 Å². The summed E-state index contributed by atoms with van der Waals surface area (Å²) in [7, 11) is -0.967. The van der Waals surface area contributed by atoms with Crippen LogP contribution in [0.25, 0.3) is 11.2 Å². The molecule has 0 saturated carbocycles. The number of aryl methyl sites for hydroxylation is 2. The van der Waals surface area contributed by atoms with Crippen LogP contribution in [0.1, 0.15) is 19.3 Å². The zero-order valence-electron chi connectivity index (χ0n) is 12.5. The molecule has 2 N–H and O–H groups in total. The van der Waals surface area contributed by atoms with E-state index < -0.39 is 18.8 Å². The number of nitrogens with zero attached hydrogens (tertiary/aromatic N) is 4. The summed E-state index contributed by atoms with van der Waals surface area (Å²) < 4.78 is 14.8. The van der Waals surface area contributed by atoms with Crippen molar-refractivity contribution in [2.45, 2.75) is 25.8 Å². The predicted molar refractivity (Wildman–Crippen MR) is 81.0 cm³/mol. The Morgan fingerprint density at radius 2 is 1.82 bits per heavy atom. The average molecular weight is 330 g/mol. The topological polar surface area (TPSA) is 119 Å². The molecule has 9 nitrogen and oxygen atoms in total. The maximum absolute atomic E-state index is 12.2. The molecular formula is C12H19N4O5P. The molecule has 0 aliphatic heterocycles. The number of hydrogen-bond acceptors (Lipinski definition) is 4. The zero-order chi connectivity index (χ0) is 16.5. The third kappa shape index (κ3) is 3.37. The second kappa shape index (κ2) is 6.20. The summed E-state index contributed by atoms with van der Waals surface area (Å²) >= 11 is 0. The van der Waals surface area contributed by atoms with E-state index in [0.717, 1.165) is 4.57 Å². The summed E-state index contributed by atoms with van der Waals surface area (Å²) in [6, 6.07) is 0. The van der Waals surface area contributed by atoms with Gasteiger partial charge < -0.3 is 14.4 Å². The molecule has 122 valence electrons. The first-order chi connectivity index (χ1) is 10.2. The molecule has 0 fully saturated rings. The van der Waals surface area contributed by atoms with Crippen LogP contribution in [0.2, 0.25) is 0 Å². The first-order valence-corrected chi connectivity index (χ1v) is 8.67. The highest BCUT2D eigenvalue weighted by molar-refractivity contribution is 7.51. The van der Waals surface area contributed by atoms with Crippen LogP contribution < -0.4 is 11.2 Å².